The number of carbonyl (C=O) groups is 1. The molecule has 4 rings (SSSR count). The van der Waals surface area contributed by atoms with E-state index in [1.54, 1.807) is 16.8 Å². The van der Waals surface area contributed by atoms with Crippen LogP contribution in [-0.4, -0.2) is 51.6 Å². The topological polar surface area (TPSA) is 74.0 Å². The maximum atomic E-state index is 11.2. The lowest BCUT2D eigenvalue weighted by molar-refractivity contribution is 0.0691. The van der Waals surface area contributed by atoms with Crippen LogP contribution in [0.4, 0.5) is 11.5 Å². The first kappa shape index (κ1) is 15.4. The minimum absolute atomic E-state index is 0.0370. The Morgan fingerprint density at radius 2 is 1.80 bits per heavy atom. The van der Waals surface area contributed by atoms with Crippen LogP contribution >= 0.6 is 0 Å². The Balaban J connectivity index is 1.60. The summed E-state index contributed by atoms with van der Waals surface area (Å²) >= 11 is 0. The average molecular weight is 337 g/mol. The van der Waals surface area contributed by atoms with Crippen LogP contribution in [0, 0.1) is 0 Å². The van der Waals surface area contributed by atoms with Crippen molar-refractivity contribution in [3.05, 3.63) is 54.6 Å². The Morgan fingerprint density at radius 3 is 2.60 bits per heavy atom. The molecule has 0 bridgehead atoms. The molecule has 2 aromatic heterocycles. The molecular weight excluding hydrogens is 318 g/mol. The number of imidazole rings is 1. The lowest BCUT2D eigenvalue weighted by atomic mass is 10.3. The SMILES string of the molecule is O=C(O)c1cn2ccnc(N3CCCN(c4ccccc4)CC3)c2n1. The van der Waals surface area contributed by atoms with Crippen LogP contribution < -0.4 is 9.80 Å². The molecule has 0 spiro atoms. The van der Waals surface area contributed by atoms with Gasteiger partial charge >= 0.3 is 5.97 Å². The molecule has 0 aliphatic carbocycles. The highest BCUT2D eigenvalue weighted by molar-refractivity contribution is 5.87. The molecule has 7 heteroatoms. The van der Waals surface area contributed by atoms with Gasteiger partial charge in [0.25, 0.3) is 0 Å². The van der Waals surface area contributed by atoms with Crippen molar-refractivity contribution in [2.24, 2.45) is 0 Å². The van der Waals surface area contributed by atoms with E-state index < -0.39 is 5.97 Å². The zero-order chi connectivity index (χ0) is 17.2. The number of carboxylic acid groups (broad SMARTS) is 1. The van der Waals surface area contributed by atoms with Crippen LogP contribution in [0.3, 0.4) is 0 Å². The second-order valence-corrected chi connectivity index (χ2v) is 6.08. The molecule has 1 aromatic carbocycles. The zero-order valence-corrected chi connectivity index (χ0v) is 13.7. The Labute approximate surface area is 145 Å². The highest BCUT2D eigenvalue weighted by atomic mass is 16.4. The normalized spacial score (nSPS) is 15.4. The number of fused-ring (bicyclic) bond motifs is 1. The van der Waals surface area contributed by atoms with E-state index in [1.165, 1.54) is 11.9 Å². The van der Waals surface area contributed by atoms with E-state index >= 15 is 0 Å². The van der Waals surface area contributed by atoms with Crippen LogP contribution in [0.5, 0.6) is 0 Å². The Morgan fingerprint density at radius 1 is 1.04 bits per heavy atom. The highest BCUT2D eigenvalue weighted by Crippen LogP contribution is 2.22. The van der Waals surface area contributed by atoms with E-state index in [2.05, 4.69) is 44.0 Å². The molecule has 7 nitrogen and oxygen atoms in total. The number of nitrogens with zero attached hydrogens (tertiary/aromatic N) is 5. The van der Waals surface area contributed by atoms with Gasteiger partial charge in [0, 0.05) is 50.5 Å². The minimum atomic E-state index is -1.03. The predicted molar refractivity (Wildman–Crippen MR) is 95.4 cm³/mol. The van der Waals surface area contributed by atoms with Gasteiger partial charge in [0.05, 0.1) is 0 Å². The number of hydrogen-bond donors (Lipinski definition) is 1. The fourth-order valence-corrected chi connectivity index (χ4v) is 3.26. The van der Waals surface area contributed by atoms with Gasteiger partial charge in [0.2, 0.25) is 0 Å². The van der Waals surface area contributed by atoms with Crippen LogP contribution in [-0.2, 0) is 0 Å². The van der Waals surface area contributed by atoms with Crippen molar-refractivity contribution < 1.29 is 9.90 Å². The summed E-state index contributed by atoms with van der Waals surface area (Å²) in [4.78, 5) is 24.5. The van der Waals surface area contributed by atoms with Crippen LogP contribution in [0.25, 0.3) is 5.65 Å². The average Bonchev–Trinajstić information content (AvgIpc) is 2.93. The second-order valence-electron chi connectivity index (χ2n) is 6.08. The number of benzene rings is 1. The zero-order valence-electron chi connectivity index (χ0n) is 13.7. The molecule has 128 valence electrons. The number of rotatable bonds is 3. The highest BCUT2D eigenvalue weighted by Gasteiger charge is 2.20. The number of aromatic carboxylic acids is 1. The van der Waals surface area contributed by atoms with Gasteiger partial charge in [0.15, 0.2) is 17.2 Å². The molecule has 1 fully saturated rings. The smallest absolute Gasteiger partial charge is 0.356 e. The number of carboxylic acids is 1. The Kier molecular flexibility index (Phi) is 3.97. The molecule has 1 aliphatic rings. The van der Waals surface area contributed by atoms with E-state index in [4.69, 9.17) is 0 Å². The molecule has 0 atom stereocenters. The summed E-state index contributed by atoms with van der Waals surface area (Å²) in [5, 5.41) is 9.18. The summed E-state index contributed by atoms with van der Waals surface area (Å²) in [6.07, 6.45) is 5.95. The van der Waals surface area contributed by atoms with Gasteiger partial charge in [-0.25, -0.2) is 14.8 Å². The summed E-state index contributed by atoms with van der Waals surface area (Å²) in [5.74, 6) is -0.286. The summed E-state index contributed by atoms with van der Waals surface area (Å²) in [6.45, 7) is 3.56. The van der Waals surface area contributed by atoms with Crippen molar-refractivity contribution in [2.45, 2.75) is 6.42 Å². The van der Waals surface area contributed by atoms with Crippen molar-refractivity contribution in [1.82, 2.24) is 14.4 Å². The molecule has 0 radical (unpaired) electrons. The fourth-order valence-electron chi connectivity index (χ4n) is 3.26. The van der Waals surface area contributed by atoms with Crippen molar-refractivity contribution in [3.63, 3.8) is 0 Å². The second kappa shape index (κ2) is 6.43. The molecule has 0 amide bonds. The first-order valence-electron chi connectivity index (χ1n) is 8.34. The van der Waals surface area contributed by atoms with Crippen molar-refractivity contribution in [2.75, 3.05) is 36.0 Å². The standard InChI is InChI=1S/C18H19N5O2/c24-18(25)15-13-23-10-7-19-16(17(23)20-15)22-9-4-8-21(11-12-22)14-5-2-1-3-6-14/h1-3,5-7,10,13H,4,8-9,11-12H2,(H,24,25). The van der Waals surface area contributed by atoms with Gasteiger partial charge < -0.3 is 19.3 Å². The minimum Gasteiger partial charge on any atom is -0.476 e. The lowest BCUT2D eigenvalue weighted by Crippen LogP contribution is -2.31. The van der Waals surface area contributed by atoms with Crippen molar-refractivity contribution in [1.29, 1.82) is 0 Å². The number of hydrogen-bond acceptors (Lipinski definition) is 5. The number of anilines is 2. The maximum absolute atomic E-state index is 11.2. The first-order chi connectivity index (χ1) is 12.2. The summed E-state index contributed by atoms with van der Waals surface area (Å²) in [5.41, 5.74) is 1.85. The van der Waals surface area contributed by atoms with Crippen LogP contribution in [0.15, 0.2) is 48.9 Å². The number of para-hydroxylation sites is 1. The Bertz CT molecular complexity index is 893. The fraction of sp³-hybridized carbons (Fsp3) is 0.278. The van der Waals surface area contributed by atoms with Gasteiger partial charge in [-0.3, -0.25) is 0 Å². The van der Waals surface area contributed by atoms with E-state index in [0.717, 1.165) is 38.4 Å². The lowest BCUT2D eigenvalue weighted by Gasteiger charge is -2.24. The van der Waals surface area contributed by atoms with E-state index in [-0.39, 0.29) is 5.69 Å². The summed E-state index contributed by atoms with van der Waals surface area (Å²) in [6, 6.07) is 10.4. The summed E-state index contributed by atoms with van der Waals surface area (Å²) in [7, 11) is 0. The van der Waals surface area contributed by atoms with Gasteiger partial charge in [0.1, 0.15) is 0 Å². The molecular formula is C18H19N5O2. The molecule has 1 aliphatic heterocycles. The van der Waals surface area contributed by atoms with Crippen molar-refractivity contribution in [3.8, 4) is 0 Å². The van der Waals surface area contributed by atoms with Gasteiger partial charge in [-0.1, -0.05) is 18.2 Å². The molecule has 25 heavy (non-hydrogen) atoms. The molecule has 3 aromatic rings. The number of aromatic nitrogens is 3. The third-order valence-corrected chi connectivity index (χ3v) is 4.49. The monoisotopic (exact) mass is 337 g/mol. The van der Waals surface area contributed by atoms with Crippen LogP contribution in [0.1, 0.15) is 16.9 Å². The summed E-state index contributed by atoms with van der Waals surface area (Å²) < 4.78 is 1.73. The molecule has 0 unspecified atom stereocenters. The third-order valence-electron chi connectivity index (χ3n) is 4.49. The van der Waals surface area contributed by atoms with Gasteiger partial charge in [-0.15, -0.1) is 0 Å². The van der Waals surface area contributed by atoms with Gasteiger partial charge in [-0.05, 0) is 18.6 Å². The third kappa shape index (κ3) is 3.00. The van der Waals surface area contributed by atoms with Crippen LogP contribution in [0.2, 0.25) is 0 Å². The predicted octanol–water partition coefficient (Wildman–Crippen LogP) is 2.14. The maximum Gasteiger partial charge on any atom is 0.356 e. The molecule has 1 N–H and O–H groups in total. The van der Waals surface area contributed by atoms with E-state index in [9.17, 15) is 9.90 Å². The van der Waals surface area contributed by atoms with Gasteiger partial charge in [-0.2, -0.15) is 0 Å². The Hall–Kier alpha value is -3.09. The molecule has 0 saturated carbocycles. The molecule has 1 saturated heterocycles. The first-order valence-corrected chi connectivity index (χ1v) is 8.34. The van der Waals surface area contributed by atoms with E-state index in [1.807, 2.05) is 6.07 Å². The molecule has 3 heterocycles. The van der Waals surface area contributed by atoms with Crippen molar-refractivity contribution >= 4 is 23.1 Å². The largest absolute Gasteiger partial charge is 0.476 e. The quantitative estimate of drug-likeness (QED) is 0.789. The van der Waals surface area contributed by atoms with E-state index in [0.29, 0.717) is 5.65 Å².